The van der Waals surface area contributed by atoms with E-state index in [0.29, 0.717) is 33.3 Å². The van der Waals surface area contributed by atoms with Gasteiger partial charge in [-0.1, -0.05) is 12.1 Å². The second-order valence-corrected chi connectivity index (χ2v) is 7.33. The molecule has 2 aromatic heterocycles. The fraction of sp³-hybridized carbons (Fsp3) is 0.0870. The fourth-order valence-electron chi connectivity index (χ4n) is 3.19. The van der Waals surface area contributed by atoms with E-state index in [1.165, 1.54) is 30.6 Å². The molecule has 2 aromatic carbocycles. The van der Waals surface area contributed by atoms with E-state index in [-0.39, 0.29) is 11.7 Å². The van der Waals surface area contributed by atoms with Gasteiger partial charge in [-0.2, -0.15) is 0 Å². The van der Waals surface area contributed by atoms with Gasteiger partial charge in [-0.25, -0.2) is 4.39 Å². The molecule has 0 bridgehead atoms. The maximum atomic E-state index is 13.8. The highest BCUT2D eigenvalue weighted by molar-refractivity contribution is 7.13. The van der Waals surface area contributed by atoms with E-state index < -0.39 is 0 Å². The molecule has 0 radical (unpaired) electrons. The first-order valence-electron chi connectivity index (χ1n) is 9.15. The minimum atomic E-state index is -0.328. The van der Waals surface area contributed by atoms with Crippen LogP contribution in [0.1, 0.15) is 9.67 Å². The first kappa shape index (κ1) is 19.7. The van der Waals surface area contributed by atoms with Crippen molar-refractivity contribution in [3.05, 3.63) is 83.1 Å². The highest BCUT2D eigenvalue weighted by atomic mass is 32.1. The van der Waals surface area contributed by atoms with E-state index in [1.807, 2.05) is 40.5 Å². The number of aromatic nitrogens is 1. The molecule has 4 rings (SSSR count). The number of ether oxygens (including phenoxy) is 2. The number of hydrogen-bond acceptors (Lipinski definition) is 4. The van der Waals surface area contributed by atoms with Gasteiger partial charge < -0.3 is 19.4 Å². The number of methoxy groups -OCH3 is 2. The molecule has 30 heavy (non-hydrogen) atoms. The molecule has 1 amide bonds. The Morgan fingerprint density at radius 2 is 1.83 bits per heavy atom. The zero-order chi connectivity index (χ0) is 21.1. The number of halogens is 1. The lowest BCUT2D eigenvalue weighted by molar-refractivity contribution is 0.103. The average molecular weight is 422 g/mol. The maximum Gasteiger partial charge on any atom is 0.268 e. The third-order valence-electron chi connectivity index (χ3n) is 4.63. The molecular formula is C23H19FN2O3S. The molecule has 0 atom stereocenters. The van der Waals surface area contributed by atoms with Gasteiger partial charge in [0.15, 0.2) is 0 Å². The largest absolute Gasteiger partial charge is 0.497 e. The Morgan fingerprint density at radius 3 is 2.53 bits per heavy atom. The van der Waals surface area contributed by atoms with E-state index in [9.17, 15) is 9.18 Å². The maximum absolute atomic E-state index is 13.8. The van der Waals surface area contributed by atoms with Crippen molar-refractivity contribution < 1.29 is 18.7 Å². The van der Waals surface area contributed by atoms with Gasteiger partial charge in [0.1, 0.15) is 22.2 Å². The van der Waals surface area contributed by atoms with Crippen molar-refractivity contribution in [1.82, 2.24) is 4.57 Å². The zero-order valence-corrected chi connectivity index (χ0v) is 17.2. The van der Waals surface area contributed by atoms with Gasteiger partial charge in [0.2, 0.25) is 0 Å². The molecule has 0 saturated carbocycles. The molecule has 0 fully saturated rings. The van der Waals surface area contributed by atoms with Crippen molar-refractivity contribution >= 4 is 22.9 Å². The van der Waals surface area contributed by atoms with Crippen LogP contribution >= 0.6 is 11.3 Å². The van der Waals surface area contributed by atoms with Crippen LogP contribution < -0.4 is 14.8 Å². The predicted octanol–water partition coefficient (Wildman–Crippen LogP) is 5.61. The predicted molar refractivity (Wildman–Crippen MR) is 117 cm³/mol. The number of carbonyl (C=O) groups is 1. The highest BCUT2D eigenvalue weighted by Gasteiger charge is 2.21. The lowest BCUT2D eigenvalue weighted by Gasteiger charge is -2.13. The Bertz CT molecular complexity index is 1190. The van der Waals surface area contributed by atoms with Gasteiger partial charge >= 0.3 is 0 Å². The first-order valence-corrected chi connectivity index (χ1v) is 10.0. The molecule has 0 spiro atoms. The number of carbonyl (C=O) groups excluding carboxylic acids is 1. The first-order chi connectivity index (χ1) is 14.6. The van der Waals surface area contributed by atoms with E-state index >= 15 is 0 Å². The third kappa shape index (κ3) is 3.79. The summed E-state index contributed by atoms with van der Waals surface area (Å²) >= 11 is 1.30. The van der Waals surface area contributed by atoms with Crippen LogP contribution in [-0.4, -0.2) is 24.7 Å². The summed E-state index contributed by atoms with van der Waals surface area (Å²) in [5, 5.41) is 4.78. The van der Waals surface area contributed by atoms with Crippen molar-refractivity contribution in [3.63, 3.8) is 0 Å². The van der Waals surface area contributed by atoms with Crippen molar-refractivity contribution in [2.75, 3.05) is 19.5 Å². The lowest BCUT2D eigenvalue weighted by atomic mass is 10.1. The highest BCUT2D eigenvalue weighted by Crippen LogP contribution is 2.36. The van der Waals surface area contributed by atoms with Gasteiger partial charge in [-0.05, 0) is 42.0 Å². The van der Waals surface area contributed by atoms with Crippen LogP contribution in [0.4, 0.5) is 10.1 Å². The SMILES string of the molecule is COc1ccc(NC(=O)c2scc(-c3cccc(F)c3)c2-n2cccc2)c(OC)c1. The summed E-state index contributed by atoms with van der Waals surface area (Å²) in [5.41, 5.74) is 2.71. The molecule has 0 unspecified atom stereocenters. The molecule has 1 N–H and O–H groups in total. The van der Waals surface area contributed by atoms with Crippen molar-refractivity contribution in [2.45, 2.75) is 0 Å². The second-order valence-electron chi connectivity index (χ2n) is 6.45. The summed E-state index contributed by atoms with van der Waals surface area (Å²) in [6.45, 7) is 0. The van der Waals surface area contributed by atoms with E-state index in [4.69, 9.17) is 9.47 Å². The van der Waals surface area contributed by atoms with Gasteiger partial charge in [0.25, 0.3) is 5.91 Å². The van der Waals surface area contributed by atoms with Gasteiger partial charge in [-0.3, -0.25) is 4.79 Å². The summed E-state index contributed by atoms with van der Waals surface area (Å²) in [6, 6.07) is 15.3. The number of hydrogen-bond donors (Lipinski definition) is 1. The molecule has 152 valence electrons. The normalized spacial score (nSPS) is 10.6. The van der Waals surface area contributed by atoms with Crippen LogP contribution in [0, 0.1) is 5.82 Å². The number of thiophene rings is 1. The third-order valence-corrected chi connectivity index (χ3v) is 5.59. The summed E-state index contributed by atoms with van der Waals surface area (Å²) in [5.74, 6) is 0.510. The Morgan fingerprint density at radius 1 is 1.03 bits per heavy atom. The molecule has 0 saturated heterocycles. The number of rotatable bonds is 6. The van der Waals surface area contributed by atoms with Crippen molar-refractivity contribution in [1.29, 1.82) is 0 Å². The quantitative estimate of drug-likeness (QED) is 0.439. The standard InChI is InChI=1S/C23H19FN2O3S/c1-28-17-8-9-19(20(13-17)29-2)25-23(27)22-21(26-10-3-4-11-26)18(14-30-22)15-6-5-7-16(24)12-15/h3-14H,1-2H3,(H,25,27). The minimum absolute atomic E-state index is 0.283. The smallest absolute Gasteiger partial charge is 0.268 e. The van der Waals surface area contributed by atoms with Crippen LogP contribution in [-0.2, 0) is 0 Å². The van der Waals surface area contributed by atoms with Crippen molar-refractivity contribution in [3.8, 4) is 28.3 Å². The van der Waals surface area contributed by atoms with Gasteiger partial charge in [-0.15, -0.1) is 11.3 Å². The summed E-state index contributed by atoms with van der Waals surface area (Å²) in [4.78, 5) is 13.7. The zero-order valence-electron chi connectivity index (χ0n) is 16.4. The Labute approximate surface area is 177 Å². The topological polar surface area (TPSA) is 52.5 Å². The number of nitrogens with one attached hydrogen (secondary N) is 1. The van der Waals surface area contributed by atoms with Crippen molar-refractivity contribution in [2.24, 2.45) is 0 Å². The number of anilines is 1. The molecule has 2 heterocycles. The molecule has 0 aliphatic carbocycles. The number of amides is 1. The monoisotopic (exact) mass is 422 g/mol. The Balaban J connectivity index is 1.75. The summed E-state index contributed by atoms with van der Waals surface area (Å²) < 4.78 is 26.3. The summed E-state index contributed by atoms with van der Waals surface area (Å²) in [7, 11) is 3.10. The van der Waals surface area contributed by atoms with E-state index in [2.05, 4.69) is 5.32 Å². The fourth-order valence-corrected chi connectivity index (χ4v) is 4.16. The van der Waals surface area contributed by atoms with Crippen LogP contribution in [0.3, 0.4) is 0 Å². The van der Waals surface area contributed by atoms with Gasteiger partial charge in [0, 0.05) is 29.4 Å². The number of nitrogens with zero attached hydrogens (tertiary/aromatic N) is 1. The number of benzene rings is 2. The molecule has 4 aromatic rings. The van der Waals surface area contributed by atoms with Crippen LogP contribution in [0.2, 0.25) is 0 Å². The molecule has 0 aliphatic heterocycles. The molecular weight excluding hydrogens is 403 g/mol. The van der Waals surface area contributed by atoms with E-state index in [0.717, 1.165) is 5.56 Å². The molecule has 5 nitrogen and oxygen atoms in total. The van der Waals surface area contributed by atoms with Gasteiger partial charge in [0.05, 0.1) is 25.6 Å². The Hall–Kier alpha value is -3.58. The lowest BCUT2D eigenvalue weighted by Crippen LogP contribution is -2.13. The van der Waals surface area contributed by atoms with Crippen LogP contribution in [0.25, 0.3) is 16.8 Å². The van der Waals surface area contributed by atoms with E-state index in [1.54, 1.807) is 31.4 Å². The van der Waals surface area contributed by atoms with Crippen LogP contribution in [0.15, 0.2) is 72.4 Å². The second kappa shape index (κ2) is 8.42. The molecule has 0 aliphatic rings. The summed E-state index contributed by atoms with van der Waals surface area (Å²) in [6.07, 6.45) is 3.71. The van der Waals surface area contributed by atoms with Crippen LogP contribution in [0.5, 0.6) is 11.5 Å². The average Bonchev–Trinajstić information content (AvgIpc) is 3.43. The Kier molecular flexibility index (Phi) is 5.54. The molecule has 7 heteroatoms. The minimum Gasteiger partial charge on any atom is -0.497 e.